The average molecular weight is 236 g/mol. The first-order chi connectivity index (χ1) is 8.16. The number of ether oxygens (including phenoxy) is 2. The van der Waals surface area contributed by atoms with Crippen LogP contribution in [-0.2, 0) is 16.0 Å². The Morgan fingerprint density at radius 2 is 2.18 bits per heavy atom. The van der Waals surface area contributed by atoms with Crippen LogP contribution in [0.3, 0.4) is 0 Å². The topological polar surface area (TPSA) is 55.8 Å². The standard InChI is InChI=1S/C13H16O4/c1-16-11-4-2-10(3-5-11)8-13(12(14)15)6-7-17-9-13/h2-5H,6-9H2,1H3,(H,14,15). The van der Waals surface area contributed by atoms with Gasteiger partial charge in [0.05, 0.1) is 19.1 Å². The molecule has 1 fully saturated rings. The number of benzene rings is 1. The summed E-state index contributed by atoms with van der Waals surface area (Å²) in [5.74, 6) is 0.00612. The maximum Gasteiger partial charge on any atom is 0.312 e. The normalized spacial score (nSPS) is 23.6. The van der Waals surface area contributed by atoms with Crippen molar-refractivity contribution in [2.45, 2.75) is 12.8 Å². The van der Waals surface area contributed by atoms with Gasteiger partial charge in [-0.3, -0.25) is 4.79 Å². The van der Waals surface area contributed by atoms with Crippen LogP contribution in [-0.4, -0.2) is 31.4 Å². The Balaban J connectivity index is 2.15. The van der Waals surface area contributed by atoms with E-state index in [1.807, 2.05) is 24.3 Å². The van der Waals surface area contributed by atoms with E-state index in [1.165, 1.54) is 0 Å². The van der Waals surface area contributed by atoms with E-state index in [9.17, 15) is 9.90 Å². The lowest BCUT2D eigenvalue weighted by Gasteiger charge is -2.22. The van der Waals surface area contributed by atoms with E-state index < -0.39 is 11.4 Å². The van der Waals surface area contributed by atoms with Crippen LogP contribution in [0.1, 0.15) is 12.0 Å². The molecule has 0 saturated carbocycles. The fourth-order valence-corrected chi connectivity index (χ4v) is 2.13. The van der Waals surface area contributed by atoms with E-state index in [0.717, 1.165) is 11.3 Å². The van der Waals surface area contributed by atoms with Gasteiger partial charge in [-0.15, -0.1) is 0 Å². The molecule has 0 aliphatic carbocycles. The minimum absolute atomic E-state index is 0.300. The minimum atomic E-state index is -0.772. The van der Waals surface area contributed by atoms with Crippen LogP contribution in [0, 0.1) is 5.41 Å². The summed E-state index contributed by atoms with van der Waals surface area (Å²) in [5, 5.41) is 9.32. The highest BCUT2D eigenvalue weighted by atomic mass is 16.5. The van der Waals surface area contributed by atoms with Gasteiger partial charge in [-0.05, 0) is 30.5 Å². The molecule has 1 aliphatic heterocycles. The zero-order valence-corrected chi connectivity index (χ0v) is 9.81. The van der Waals surface area contributed by atoms with Crippen LogP contribution in [0.2, 0.25) is 0 Å². The summed E-state index contributed by atoms with van der Waals surface area (Å²) in [7, 11) is 1.61. The molecule has 0 spiro atoms. The van der Waals surface area contributed by atoms with E-state index in [2.05, 4.69) is 0 Å². The zero-order chi connectivity index (χ0) is 12.3. The molecule has 1 unspecified atom stereocenters. The van der Waals surface area contributed by atoms with E-state index >= 15 is 0 Å². The summed E-state index contributed by atoms with van der Waals surface area (Å²) in [5.41, 5.74) is 0.243. The molecule has 0 bridgehead atoms. The van der Waals surface area contributed by atoms with Crippen LogP contribution in [0.5, 0.6) is 5.75 Å². The Labute approximate surface area is 100 Å². The smallest absolute Gasteiger partial charge is 0.312 e. The molecule has 4 heteroatoms. The quantitative estimate of drug-likeness (QED) is 0.865. The monoisotopic (exact) mass is 236 g/mol. The molecule has 0 radical (unpaired) electrons. The lowest BCUT2D eigenvalue weighted by molar-refractivity contribution is -0.148. The van der Waals surface area contributed by atoms with E-state index in [1.54, 1.807) is 7.11 Å². The molecule has 1 heterocycles. The lowest BCUT2D eigenvalue weighted by atomic mass is 9.81. The number of carboxylic acids is 1. The number of hydrogen-bond donors (Lipinski definition) is 1. The van der Waals surface area contributed by atoms with Gasteiger partial charge in [-0.1, -0.05) is 12.1 Å². The van der Waals surface area contributed by atoms with E-state index in [0.29, 0.717) is 26.1 Å². The summed E-state index contributed by atoms with van der Waals surface area (Å²) in [6.07, 6.45) is 1.08. The van der Waals surface area contributed by atoms with Crippen molar-refractivity contribution in [3.05, 3.63) is 29.8 Å². The maximum atomic E-state index is 11.3. The van der Waals surface area contributed by atoms with Crippen molar-refractivity contribution in [1.29, 1.82) is 0 Å². The highest BCUT2D eigenvalue weighted by Crippen LogP contribution is 2.33. The molecule has 4 nitrogen and oxygen atoms in total. The van der Waals surface area contributed by atoms with Gasteiger partial charge in [-0.25, -0.2) is 0 Å². The second-order valence-electron chi connectivity index (χ2n) is 4.41. The van der Waals surface area contributed by atoms with Crippen LogP contribution < -0.4 is 4.74 Å². The molecular formula is C13H16O4. The first kappa shape index (κ1) is 11.9. The molecule has 1 atom stereocenters. The summed E-state index contributed by atoms with van der Waals surface area (Å²) >= 11 is 0. The molecule has 1 N–H and O–H groups in total. The predicted molar refractivity (Wildman–Crippen MR) is 62.2 cm³/mol. The van der Waals surface area contributed by atoms with Gasteiger partial charge in [0.25, 0.3) is 0 Å². The molecule has 17 heavy (non-hydrogen) atoms. The van der Waals surface area contributed by atoms with Crippen molar-refractivity contribution in [3.63, 3.8) is 0 Å². The molecule has 0 aromatic heterocycles. The zero-order valence-electron chi connectivity index (χ0n) is 9.81. The minimum Gasteiger partial charge on any atom is -0.497 e. The summed E-state index contributed by atoms with van der Waals surface area (Å²) in [6.45, 7) is 0.830. The van der Waals surface area contributed by atoms with Crippen molar-refractivity contribution in [1.82, 2.24) is 0 Å². The van der Waals surface area contributed by atoms with Crippen LogP contribution in [0.15, 0.2) is 24.3 Å². The van der Waals surface area contributed by atoms with Crippen molar-refractivity contribution in [2.75, 3.05) is 20.3 Å². The highest BCUT2D eigenvalue weighted by molar-refractivity contribution is 5.75. The summed E-state index contributed by atoms with van der Waals surface area (Å²) in [6, 6.07) is 7.51. The van der Waals surface area contributed by atoms with Gasteiger partial charge in [0.1, 0.15) is 5.75 Å². The van der Waals surface area contributed by atoms with E-state index in [4.69, 9.17) is 9.47 Å². The molecule has 92 valence electrons. The number of hydrogen-bond acceptors (Lipinski definition) is 3. The molecule has 1 saturated heterocycles. The second-order valence-corrected chi connectivity index (χ2v) is 4.41. The summed E-state index contributed by atoms with van der Waals surface area (Å²) < 4.78 is 10.3. The predicted octanol–water partition coefficient (Wildman–Crippen LogP) is 1.73. The largest absolute Gasteiger partial charge is 0.497 e. The molecule has 1 aromatic rings. The number of carbonyl (C=O) groups is 1. The van der Waals surface area contributed by atoms with Crippen LogP contribution >= 0.6 is 0 Å². The van der Waals surface area contributed by atoms with Crippen molar-refractivity contribution in [3.8, 4) is 5.75 Å². The van der Waals surface area contributed by atoms with Gasteiger partial charge < -0.3 is 14.6 Å². The average Bonchev–Trinajstić information content (AvgIpc) is 2.80. The molecule has 0 amide bonds. The number of aliphatic carboxylic acids is 1. The third-order valence-electron chi connectivity index (χ3n) is 3.26. The first-order valence-electron chi connectivity index (χ1n) is 5.60. The molecular weight excluding hydrogens is 220 g/mol. The highest BCUT2D eigenvalue weighted by Gasteiger charge is 2.42. The Morgan fingerprint density at radius 1 is 1.47 bits per heavy atom. The van der Waals surface area contributed by atoms with Crippen molar-refractivity contribution in [2.24, 2.45) is 5.41 Å². The third-order valence-corrected chi connectivity index (χ3v) is 3.26. The number of rotatable bonds is 4. The van der Waals surface area contributed by atoms with Crippen molar-refractivity contribution >= 4 is 5.97 Å². The fraction of sp³-hybridized carbons (Fsp3) is 0.462. The SMILES string of the molecule is COc1ccc(CC2(C(=O)O)CCOC2)cc1. The van der Waals surface area contributed by atoms with Crippen LogP contribution in [0.4, 0.5) is 0 Å². The van der Waals surface area contributed by atoms with Crippen LogP contribution in [0.25, 0.3) is 0 Å². The van der Waals surface area contributed by atoms with Gasteiger partial charge >= 0.3 is 5.97 Å². The molecule has 2 rings (SSSR count). The van der Waals surface area contributed by atoms with E-state index in [-0.39, 0.29) is 0 Å². The molecule has 1 aromatic carbocycles. The maximum absolute atomic E-state index is 11.3. The Bertz CT molecular complexity index is 390. The van der Waals surface area contributed by atoms with Gasteiger partial charge in [0.2, 0.25) is 0 Å². The molecule has 1 aliphatic rings. The first-order valence-corrected chi connectivity index (χ1v) is 5.60. The van der Waals surface area contributed by atoms with Gasteiger partial charge in [-0.2, -0.15) is 0 Å². The van der Waals surface area contributed by atoms with Gasteiger partial charge in [0, 0.05) is 6.61 Å². The number of methoxy groups -OCH3 is 1. The Hall–Kier alpha value is -1.55. The Morgan fingerprint density at radius 3 is 2.65 bits per heavy atom. The second kappa shape index (κ2) is 4.75. The number of carboxylic acid groups (broad SMARTS) is 1. The summed E-state index contributed by atoms with van der Waals surface area (Å²) in [4.78, 5) is 11.3. The third kappa shape index (κ3) is 2.42. The van der Waals surface area contributed by atoms with Crippen molar-refractivity contribution < 1.29 is 19.4 Å². The van der Waals surface area contributed by atoms with Gasteiger partial charge in [0.15, 0.2) is 0 Å². The fourth-order valence-electron chi connectivity index (χ4n) is 2.13. The Kier molecular flexibility index (Phi) is 3.33. The lowest BCUT2D eigenvalue weighted by Crippen LogP contribution is -2.33.